The third-order valence-corrected chi connectivity index (χ3v) is 3.24. The van der Waals surface area contributed by atoms with E-state index in [0.717, 1.165) is 5.56 Å². The topological polar surface area (TPSA) is 42.2 Å². The number of hydrogen-bond donors (Lipinski definition) is 1. The Hall–Kier alpha value is -1.45. The summed E-state index contributed by atoms with van der Waals surface area (Å²) in [4.78, 5) is 12.1. The molecular formula is C14H13Cl2NO2. The minimum Gasteiger partial charge on any atom is -0.472 e. The molecule has 1 N–H and O–H groups in total. The van der Waals surface area contributed by atoms with Crippen LogP contribution in [0.3, 0.4) is 0 Å². The van der Waals surface area contributed by atoms with E-state index in [1.807, 2.05) is 13.0 Å². The van der Waals surface area contributed by atoms with E-state index in [1.165, 1.54) is 0 Å². The minimum atomic E-state index is -0.233. The van der Waals surface area contributed by atoms with Crippen LogP contribution in [0.15, 0.2) is 41.2 Å². The third-order valence-electron chi connectivity index (χ3n) is 2.67. The predicted octanol–water partition coefficient (Wildman–Crippen LogP) is 3.95. The number of hydrogen-bond acceptors (Lipinski definition) is 2. The number of carbonyl (C=O) groups is 1. The Morgan fingerprint density at radius 3 is 2.84 bits per heavy atom. The van der Waals surface area contributed by atoms with Crippen LogP contribution in [0.4, 0.5) is 0 Å². The zero-order valence-corrected chi connectivity index (χ0v) is 11.8. The summed E-state index contributed by atoms with van der Waals surface area (Å²) in [5, 5.41) is 3.75. The quantitative estimate of drug-likeness (QED) is 0.928. The summed E-state index contributed by atoms with van der Waals surface area (Å²) in [7, 11) is 0. The molecule has 1 amide bonds. The van der Waals surface area contributed by atoms with Gasteiger partial charge in [-0.1, -0.05) is 23.2 Å². The van der Waals surface area contributed by atoms with Gasteiger partial charge in [-0.05, 0) is 43.2 Å². The Kier molecular flexibility index (Phi) is 4.51. The Balaban J connectivity index is 2.02. The van der Waals surface area contributed by atoms with Crippen molar-refractivity contribution in [1.29, 1.82) is 0 Å². The summed E-state index contributed by atoms with van der Waals surface area (Å²) in [6, 6.07) is 6.66. The molecule has 0 spiro atoms. The molecular weight excluding hydrogens is 285 g/mol. The fourth-order valence-electron chi connectivity index (χ4n) is 1.79. The minimum absolute atomic E-state index is 0.0276. The van der Waals surface area contributed by atoms with Crippen LogP contribution in [0.25, 0.3) is 0 Å². The lowest BCUT2D eigenvalue weighted by Crippen LogP contribution is -2.34. The molecule has 2 aromatic rings. The molecule has 0 radical (unpaired) electrons. The Labute approximate surface area is 121 Å². The highest BCUT2D eigenvalue weighted by molar-refractivity contribution is 6.35. The van der Waals surface area contributed by atoms with Gasteiger partial charge in [0.1, 0.15) is 0 Å². The maximum atomic E-state index is 12.1. The lowest BCUT2D eigenvalue weighted by Gasteiger charge is -2.13. The van der Waals surface area contributed by atoms with Crippen LogP contribution in [-0.4, -0.2) is 11.9 Å². The SMILES string of the molecule is CC(Cc1ccoc1)NC(=O)c1cc(Cl)ccc1Cl. The van der Waals surface area contributed by atoms with Crippen LogP contribution >= 0.6 is 23.2 Å². The second-order valence-corrected chi connectivity index (χ2v) is 5.18. The van der Waals surface area contributed by atoms with Crippen molar-refractivity contribution < 1.29 is 9.21 Å². The van der Waals surface area contributed by atoms with E-state index in [1.54, 1.807) is 30.7 Å². The van der Waals surface area contributed by atoms with Crippen molar-refractivity contribution in [3.05, 3.63) is 58.0 Å². The molecule has 1 atom stereocenters. The van der Waals surface area contributed by atoms with Gasteiger partial charge in [-0.3, -0.25) is 4.79 Å². The van der Waals surface area contributed by atoms with Crippen LogP contribution in [0, 0.1) is 0 Å². The van der Waals surface area contributed by atoms with Crippen molar-refractivity contribution >= 4 is 29.1 Å². The molecule has 0 saturated heterocycles. The molecule has 5 heteroatoms. The Morgan fingerprint density at radius 2 is 2.16 bits per heavy atom. The zero-order valence-electron chi connectivity index (χ0n) is 10.3. The van der Waals surface area contributed by atoms with Gasteiger partial charge in [0.15, 0.2) is 0 Å². The maximum absolute atomic E-state index is 12.1. The second kappa shape index (κ2) is 6.13. The summed E-state index contributed by atoms with van der Waals surface area (Å²) >= 11 is 11.8. The Morgan fingerprint density at radius 1 is 1.37 bits per heavy atom. The summed E-state index contributed by atoms with van der Waals surface area (Å²) in [5.74, 6) is -0.233. The van der Waals surface area contributed by atoms with E-state index in [2.05, 4.69) is 5.32 Å². The highest BCUT2D eigenvalue weighted by atomic mass is 35.5. The van der Waals surface area contributed by atoms with Crippen molar-refractivity contribution in [2.45, 2.75) is 19.4 Å². The molecule has 3 nitrogen and oxygen atoms in total. The van der Waals surface area contributed by atoms with Gasteiger partial charge in [0, 0.05) is 11.1 Å². The summed E-state index contributed by atoms with van der Waals surface area (Å²) in [6.07, 6.45) is 3.97. The lowest BCUT2D eigenvalue weighted by molar-refractivity contribution is 0.0940. The van der Waals surface area contributed by atoms with Crippen LogP contribution in [0.1, 0.15) is 22.8 Å². The molecule has 1 aromatic heterocycles. The van der Waals surface area contributed by atoms with E-state index in [-0.39, 0.29) is 11.9 Å². The van der Waals surface area contributed by atoms with Gasteiger partial charge in [0.05, 0.1) is 23.1 Å². The summed E-state index contributed by atoms with van der Waals surface area (Å²) in [5.41, 5.74) is 1.42. The van der Waals surface area contributed by atoms with Gasteiger partial charge >= 0.3 is 0 Å². The molecule has 0 aliphatic carbocycles. The molecule has 2 rings (SSSR count). The van der Waals surface area contributed by atoms with E-state index in [4.69, 9.17) is 27.6 Å². The highest BCUT2D eigenvalue weighted by Crippen LogP contribution is 2.20. The molecule has 1 unspecified atom stereocenters. The fraction of sp³-hybridized carbons (Fsp3) is 0.214. The van der Waals surface area contributed by atoms with Crippen molar-refractivity contribution in [2.24, 2.45) is 0 Å². The molecule has 0 aliphatic rings. The van der Waals surface area contributed by atoms with Crippen LogP contribution in [0.5, 0.6) is 0 Å². The molecule has 0 saturated carbocycles. The van der Waals surface area contributed by atoms with E-state index in [9.17, 15) is 4.79 Å². The average molecular weight is 298 g/mol. The average Bonchev–Trinajstić information content (AvgIpc) is 2.84. The number of nitrogens with one attached hydrogen (secondary N) is 1. The first-order valence-corrected chi connectivity index (χ1v) is 6.59. The molecule has 1 heterocycles. The zero-order chi connectivity index (χ0) is 13.8. The molecule has 1 aromatic carbocycles. The lowest BCUT2D eigenvalue weighted by atomic mass is 10.1. The van der Waals surface area contributed by atoms with Crippen molar-refractivity contribution in [2.75, 3.05) is 0 Å². The smallest absolute Gasteiger partial charge is 0.253 e. The highest BCUT2D eigenvalue weighted by Gasteiger charge is 2.14. The van der Waals surface area contributed by atoms with Crippen LogP contribution < -0.4 is 5.32 Å². The standard InChI is InChI=1S/C14H13Cl2NO2/c1-9(6-10-4-5-19-8-10)17-14(18)12-7-11(15)2-3-13(12)16/h2-5,7-9H,6H2,1H3,(H,17,18). The number of rotatable bonds is 4. The summed E-state index contributed by atoms with van der Waals surface area (Å²) in [6.45, 7) is 1.92. The van der Waals surface area contributed by atoms with Crippen molar-refractivity contribution in [3.63, 3.8) is 0 Å². The maximum Gasteiger partial charge on any atom is 0.253 e. The normalized spacial score (nSPS) is 12.2. The first kappa shape index (κ1) is 14.0. The number of carbonyl (C=O) groups excluding carboxylic acids is 1. The van der Waals surface area contributed by atoms with Crippen molar-refractivity contribution in [3.8, 4) is 0 Å². The number of amides is 1. The van der Waals surface area contributed by atoms with Gasteiger partial charge < -0.3 is 9.73 Å². The fourth-order valence-corrected chi connectivity index (χ4v) is 2.16. The second-order valence-electron chi connectivity index (χ2n) is 4.33. The van der Waals surface area contributed by atoms with E-state index >= 15 is 0 Å². The summed E-state index contributed by atoms with van der Waals surface area (Å²) < 4.78 is 4.99. The first-order chi connectivity index (χ1) is 9.06. The van der Waals surface area contributed by atoms with Gasteiger partial charge in [-0.15, -0.1) is 0 Å². The third kappa shape index (κ3) is 3.75. The first-order valence-electron chi connectivity index (χ1n) is 5.83. The van der Waals surface area contributed by atoms with E-state index in [0.29, 0.717) is 22.0 Å². The van der Waals surface area contributed by atoms with Gasteiger partial charge in [0.25, 0.3) is 5.91 Å². The number of furan rings is 1. The predicted molar refractivity (Wildman–Crippen MR) is 75.8 cm³/mol. The monoisotopic (exact) mass is 297 g/mol. The van der Waals surface area contributed by atoms with Gasteiger partial charge in [0.2, 0.25) is 0 Å². The van der Waals surface area contributed by atoms with Crippen LogP contribution in [-0.2, 0) is 6.42 Å². The number of benzene rings is 1. The van der Waals surface area contributed by atoms with E-state index < -0.39 is 0 Å². The largest absolute Gasteiger partial charge is 0.472 e. The van der Waals surface area contributed by atoms with Crippen molar-refractivity contribution in [1.82, 2.24) is 5.32 Å². The molecule has 19 heavy (non-hydrogen) atoms. The number of halogens is 2. The van der Waals surface area contributed by atoms with Gasteiger partial charge in [-0.25, -0.2) is 0 Å². The molecule has 100 valence electrons. The molecule has 0 fully saturated rings. The molecule has 0 aliphatic heterocycles. The van der Waals surface area contributed by atoms with Crippen LogP contribution in [0.2, 0.25) is 10.0 Å². The van der Waals surface area contributed by atoms with Gasteiger partial charge in [-0.2, -0.15) is 0 Å². The molecule has 0 bridgehead atoms. The Bertz CT molecular complexity index is 567.